The molecule has 0 aliphatic heterocycles. The van der Waals surface area contributed by atoms with Crippen LogP contribution in [-0.2, 0) is 31.4 Å². The number of pyridine rings is 1. The summed E-state index contributed by atoms with van der Waals surface area (Å²) in [7, 11) is 1.78. The molecular formula is C26H26N8O2. The van der Waals surface area contributed by atoms with Crippen LogP contribution in [-0.4, -0.2) is 41.8 Å². The van der Waals surface area contributed by atoms with Gasteiger partial charge in [0.25, 0.3) is 5.56 Å². The number of aromatic amines is 1. The van der Waals surface area contributed by atoms with Crippen molar-refractivity contribution in [2.24, 2.45) is 7.05 Å². The van der Waals surface area contributed by atoms with Crippen molar-refractivity contribution in [2.75, 3.05) is 11.9 Å². The van der Waals surface area contributed by atoms with E-state index in [2.05, 4.69) is 30.7 Å². The van der Waals surface area contributed by atoms with Crippen molar-refractivity contribution in [3.8, 4) is 11.4 Å². The maximum Gasteiger partial charge on any atom is 0.294 e. The lowest BCUT2D eigenvalue weighted by Crippen LogP contribution is -2.34. The monoisotopic (exact) mass is 482 g/mol. The Balaban J connectivity index is 1.34. The number of aromatic nitrogens is 6. The Morgan fingerprint density at radius 2 is 1.92 bits per heavy atom. The Morgan fingerprint density at radius 1 is 1.06 bits per heavy atom. The molecule has 0 saturated heterocycles. The van der Waals surface area contributed by atoms with Gasteiger partial charge in [0.2, 0.25) is 5.91 Å². The minimum atomic E-state index is -0.367. The maximum atomic E-state index is 13.4. The minimum Gasteiger partial charge on any atom is -0.365 e. The van der Waals surface area contributed by atoms with E-state index in [4.69, 9.17) is 0 Å². The lowest BCUT2D eigenvalue weighted by molar-refractivity contribution is -0.121. The van der Waals surface area contributed by atoms with E-state index in [9.17, 15) is 9.59 Å². The third kappa shape index (κ3) is 5.02. The molecule has 3 N–H and O–H groups in total. The van der Waals surface area contributed by atoms with Crippen molar-refractivity contribution in [3.05, 3.63) is 94.9 Å². The maximum absolute atomic E-state index is 13.4. The number of anilines is 1. The third-order valence-corrected chi connectivity index (χ3v) is 5.94. The van der Waals surface area contributed by atoms with Crippen LogP contribution < -0.4 is 16.2 Å². The number of amides is 1. The van der Waals surface area contributed by atoms with Crippen LogP contribution in [0.15, 0.2) is 78.1 Å². The van der Waals surface area contributed by atoms with Crippen molar-refractivity contribution < 1.29 is 4.79 Å². The predicted octanol–water partition coefficient (Wildman–Crippen LogP) is 2.49. The SMILES string of the molecule is Cn1nccc1-c1cnc(NCCc2ccccc2)c(=O)n1CC(=O)NCc1cc2cnccc2[nH]1. The van der Waals surface area contributed by atoms with E-state index in [0.717, 1.165) is 28.6 Å². The molecule has 0 saturated carbocycles. The average Bonchev–Trinajstić information content (AvgIpc) is 3.51. The topological polar surface area (TPSA) is 123 Å². The first-order valence-electron chi connectivity index (χ1n) is 11.6. The molecule has 1 amide bonds. The molecule has 0 unspecified atom stereocenters. The fourth-order valence-electron chi connectivity index (χ4n) is 4.09. The number of hydrogen-bond acceptors (Lipinski definition) is 6. The van der Waals surface area contributed by atoms with E-state index in [1.807, 2.05) is 42.5 Å². The predicted molar refractivity (Wildman–Crippen MR) is 137 cm³/mol. The van der Waals surface area contributed by atoms with Crippen molar-refractivity contribution in [2.45, 2.75) is 19.5 Å². The quantitative estimate of drug-likeness (QED) is 0.297. The van der Waals surface area contributed by atoms with Crippen molar-refractivity contribution >= 4 is 22.6 Å². The smallest absolute Gasteiger partial charge is 0.294 e. The van der Waals surface area contributed by atoms with Gasteiger partial charge in [-0.15, -0.1) is 0 Å². The van der Waals surface area contributed by atoms with Gasteiger partial charge in [0, 0.05) is 48.8 Å². The Labute approximate surface area is 207 Å². The Hall–Kier alpha value is -4.73. The lowest BCUT2D eigenvalue weighted by Gasteiger charge is -2.15. The molecule has 0 spiro atoms. The molecule has 10 nitrogen and oxygen atoms in total. The summed E-state index contributed by atoms with van der Waals surface area (Å²) in [6, 6.07) is 15.6. The molecule has 5 rings (SSSR count). The van der Waals surface area contributed by atoms with Gasteiger partial charge in [-0.1, -0.05) is 30.3 Å². The highest BCUT2D eigenvalue weighted by Gasteiger charge is 2.17. The second-order valence-electron chi connectivity index (χ2n) is 8.42. The molecule has 0 radical (unpaired) electrons. The normalized spacial score (nSPS) is 11.0. The average molecular weight is 483 g/mol. The number of nitrogens with one attached hydrogen (secondary N) is 3. The molecular weight excluding hydrogens is 456 g/mol. The van der Waals surface area contributed by atoms with E-state index < -0.39 is 0 Å². The number of rotatable bonds is 9. The van der Waals surface area contributed by atoms with Crippen LogP contribution in [0.3, 0.4) is 0 Å². The second-order valence-corrected chi connectivity index (χ2v) is 8.42. The molecule has 5 aromatic rings. The summed E-state index contributed by atoms with van der Waals surface area (Å²) >= 11 is 0. The molecule has 0 bridgehead atoms. The zero-order valence-corrected chi connectivity index (χ0v) is 19.8. The van der Waals surface area contributed by atoms with Gasteiger partial charge in [0.05, 0.1) is 24.1 Å². The number of H-pyrrole nitrogens is 1. The number of carbonyl (C=O) groups excluding carboxylic acids is 1. The van der Waals surface area contributed by atoms with Gasteiger partial charge in [0.15, 0.2) is 5.82 Å². The number of benzene rings is 1. The summed E-state index contributed by atoms with van der Waals surface area (Å²) < 4.78 is 3.07. The van der Waals surface area contributed by atoms with Crippen LogP contribution in [0.4, 0.5) is 5.82 Å². The molecule has 0 fully saturated rings. The highest BCUT2D eigenvalue weighted by Crippen LogP contribution is 2.17. The Kier molecular flexibility index (Phi) is 6.57. The van der Waals surface area contributed by atoms with Crippen LogP contribution in [0.1, 0.15) is 11.3 Å². The molecule has 36 heavy (non-hydrogen) atoms. The summed E-state index contributed by atoms with van der Waals surface area (Å²) in [5.41, 5.74) is 3.79. The summed E-state index contributed by atoms with van der Waals surface area (Å²) in [5.74, 6) is -0.0912. The first kappa shape index (κ1) is 23.0. The molecule has 4 aromatic heterocycles. The van der Waals surface area contributed by atoms with Gasteiger partial charge in [0.1, 0.15) is 6.54 Å². The number of fused-ring (bicyclic) bond motifs is 1. The summed E-state index contributed by atoms with van der Waals surface area (Å²) in [6.45, 7) is 0.687. The third-order valence-electron chi connectivity index (χ3n) is 5.94. The van der Waals surface area contributed by atoms with Gasteiger partial charge < -0.3 is 15.6 Å². The molecule has 10 heteroatoms. The van der Waals surface area contributed by atoms with E-state index >= 15 is 0 Å². The Morgan fingerprint density at radius 3 is 2.69 bits per heavy atom. The van der Waals surface area contributed by atoms with E-state index in [0.29, 0.717) is 24.5 Å². The molecule has 0 atom stereocenters. The first-order valence-corrected chi connectivity index (χ1v) is 11.6. The second kappa shape index (κ2) is 10.3. The summed E-state index contributed by atoms with van der Waals surface area (Å²) in [6.07, 6.45) is 7.46. The number of hydrogen-bond donors (Lipinski definition) is 3. The van der Waals surface area contributed by atoms with Gasteiger partial charge in [-0.3, -0.25) is 23.8 Å². The van der Waals surface area contributed by atoms with Crippen molar-refractivity contribution in [3.63, 3.8) is 0 Å². The highest BCUT2D eigenvalue weighted by atomic mass is 16.2. The van der Waals surface area contributed by atoms with Crippen LogP contribution in [0.25, 0.3) is 22.3 Å². The van der Waals surface area contributed by atoms with E-state index in [-0.39, 0.29) is 23.8 Å². The molecule has 0 aliphatic carbocycles. The molecule has 4 heterocycles. The van der Waals surface area contributed by atoms with Crippen molar-refractivity contribution in [1.29, 1.82) is 0 Å². The lowest BCUT2D eigenvalue weighted by atomic mass is 10.1. The van der Waals surface area contributed by atoms with E-state index in [1.165, 1.54) is 4.57 Å². The van der Waals surface area contributed by atoms with Gasteiger partial charge >= 0.3 is 0 Å². The Bertz CT molecular complexity index is 1520. The van der Waals surface area contributed by atoms with Gasteiger partial charge in [-0.25, -0.2) is 4.98 Å². The summed E-state index contributed by atoms with van der Waals surface area (Å²) in [5, 5.41) is 11.2. The van der Waals surface area contributed by atoms with Crippen LogP contribution in [0, 0.1) is 0 Å². The fraction of sp³-hybridized carbons (Fsp3) is 0.192. The van der Waals surface area contributed by atoms with Crippen LogP contribution in [0.2, 0.25) is 0 Å². The van der Waals surface area contributed by atoms with Crippen molar-refractivity contribution in [1.82, 2.24) is 34.6 Å². The molecule has 0 aliphatic rings. The van der Waals surface area contributed by atoms with Crippen LogP contribution >= 0.6 is 0 Å². The standard InChI is InChI=1S/C26H26N8O2/c1-33-22(9-12-31-33)23-16-30-25(28-11-7-18-5-3-2-4-6-18)26(36)34(23)17-24(35)29-15-20-13-19-14-27-10-8-21(19)32-20/h2-6,8-10,12-14,16,32H,7,11,15,17H2,1H3,(H,28,30)(H,29,35). The zero-order valence-electron chi connectivity index (χ0n) is 19.8. The minimum absolute atomic E-state index is 0.156. The fourth-order valence-corrected chi connectivity index (χ4v) is 4.09. The largest absolute Gasteiger partial charge is 0.365 e. The number of nitrogens with zero attached hydrogens (tertiary/aromatic N) is 5. The van der Waals surface area contributed by atoms with Gasteiger partial charge in [-0.2, -0.15) is 5.10 Å². The number of aryl methyl sites for hydroxylation is 1. The first-order chi connectivity index (χ1) is 17.6. The van der Waals surface area contributed by atoms with E-state index in [1.54, 1.807) is 42.6 Å². The van der Waals surface area contributed by atoms with Crippen LogP contribution in [0.5, 0.6) is 0 Å². The zero-order chi connectivity index (χ0) is 24.9. The summed E-state index contributed by atoms with van der Waals surface area (Å²) in [4.78, 5) is 38.0. The number of carbonyl (C=O) groups is 1. The molecule has 1 aromatic carbocycles. The highest BCUT2D eigenvalue weighted by molar-refractivity contribution is 5.80. The molecule has 182 valence electrons. The van der Waals surface area contributed by atoms with Gasteiger partial charge in [-0.05, 0) is 30.2 Å².